The zero-order chi connectivity index (χ0) is 29.0. The smallest absolute Gasteiger partial charge is 0.386 e. The fraction of sp³-hybridized carbons (Fsp3) is 0.733. The van der Waals surface area contributed by atoms with Crippen LogP contribution in [0.4, 0.5) is 23.2 Å². The monoisotopic (exact) mass is 531 g/mol. The Morgan fingerprint density at radius 3 is 1.95 bits per heavy atom. The Hall–Kier alpha value is -1.76. The van der Waals surface area contributed by atoms with Crippen LogP contribution >= 0.6 is 0 Å². The number of aryl methyl sites for hydroxylation is 1. The highest BCUT2D eigenvalue weighted by Crippen LogP contribution is 2.60. The van der Waals surface area contributed by atoms with Gasteiger partial charge in [-0.1, -0.05) is 66.4 Å². The van der Waals surface area contributed by atoms with Gasteiger partial charge in [0.05, 0.1) is 11.0 Å². The van der Waals surface area contributed by atoms with E-state index < -0.39 is 17.2 Å². The standard InChI is InChI=1S/C15H22FNO.C8H11F3O.C5H10.C2H6/c1-6-7-11(3)17-14-10(2)8-12(9-13(14)16)15(4,5)18;1-2-6(12)5-7(3-4-7)8(9,10)11;1-5-3-2-4-5;1-2/h8-9,18H,6-7H2,1-5H3;2-5H2,1H3;5H,2-4H2,1H3;1-2H3. The van der Waals surface area contributed by atoms with Crippen LogP contribution in [0, 0.1) is 24.1 Å². The lowest BCUT2D eigenvalue weighted by Crippen LogP contribution is -2.26. The molecule has 0 unspecified atom stereocenters. The summed E-state index contributed by atoms with van der Waals surface area (Å²) in [6, 6.07) is 3.16. The minimum absolute atomic E-state index is 0.127. The third-order valence-electron chi connectivity index (χ3n) is 6.65. The van der Waals surface area contributed by atoms with Gasteiger partial charge in [0.1, 0.15) is 17.3 Å². The molecule has 2 aliphatic rings. The number of benzene rings is 1. The average Bonchev–Trinajstić information content (AvgIpc) is 3.57. The van der Waals surface area contributed by atoms with Crippen molar-refractivity contribution in [1.82, 2.24) is 0 Å². The topological polar surface area (TPSA) is 49.7 Å². The molecule has 0 aromatic heterocycles. The van der Waals surface area contributed by atoms with Gasteiger partial charge in [-0.3, -0.25) is 9.79 Å². The van der Waals surface area contributed by atoms with E-state index in [9.17, 15) is 27.5 Å². The van der Waals surface area contributed by atoms with Crippen molar-refractivity contribution < 1.29 is 27.5 Å². The first-order valence-electron chi connectivity index (χ1n) is 13.7. The number of alkyl halides is 3. The summed E-state index contributed by atoms with van der Waals surface area (Å²) in [4.78, 5) is 15.1. The summed E-state index contributed by atoms with van der Waals surface area (Å²) in [5, 5.41) is 9.89. The number of rotatable bonds is 7. The van der Waals surface area contributed by atoms with Crippen LogP contribution < -0.4 is 0 Å². The van der Waals surface area contributed by atoms with Crippen LogP contribution in [-0.4, -0.2) is 22.8 Å². The van der Waals surface area contributed by atoms with Gasteiger partial charge in [-0.25, -0.2) is 4.39 Å². The number of Topliss-reactive ketones (excluding diaryl/α,β-unsaturated/α-hetero) is 1. The van der Waals surface area contributed by atoms with Crippen molar-refractivity contribution in [3.8, 4) is 0 Å². The first kappa shape index (κ1) is 35.2. The molecular formula is C30H49F4NO2. The quantitative estimate of drug-likeness (QED) is 0.281. The highest BCUT2D eigenvalue weighted by Gasteiger charge is 2.63. The second-order valence-electron chi connectivity index (χ2n) is 10.7. The number of halogens is 4. The molecule has 0 aliphatic heterocycles. The molecule has 0 amide bonds. The SMILES string of the molecule is CC.CC1CCC1.CCC(=O)CC1(C(F)(F)F)CC1.CCCC(C)=Nc1c(C)cc(C(C)(C)O)cc1F. The Morgan fingerprint density at radius 1 is 1.14 bits per heavy atom. The predicted molar refractivity (Wildman–Crippen MR) is 146 cm³/mol. The molecule has 0 heterocycles. The molecule has 0 bridgehead atoms. The molecule has 0 spiro atoms. The fourth-order valence-corrected chi connectivity index (χ4v) is 3.67. The van der Waals surface area contributed by atoms with Crippen molar-refractivity contribution in [2.45, 2.75) is 132 Å². The fourth-order valence-electron chi connectivity index (χ4n) is 3.67. The number of hydrogen-bond acceptors (Lipinski definition) is 3. The Kier molecular flexibility index (Phi) is 14.9. The molecule has 3 nitrogen and oxygen atoms in total. The van der Waals surface area contributed by atoms with E-state index in [0.29, 0.717) is 11.3 Å². The highest BCUT2D eigenvalue weighted by atomic mass is 19.4. The summed E-state index contributed by atoms with van der Waals surface area (Å²) in [5.41, 5.74) is -0.0384. The van der Waals surface area contributed by atoms with Crippen molar-refractivity contribution in [2.24, 2.45) is 16.3 Å². The molecule has 0 saturated heterocycles. The minimum Gasteiger partial charge on any atom is -0.386 e. The molecule has 1 aromatic rings. The van der Waals surface area contributed by atoms with Crippen molar-refractivity contribution >= 4 is 17.2 Å². The van der Waals surface area contributed by atoms with Gasteiger partial charge in [0, 0.05) is 18.6 Å². The number of nitrogens with zero attached hydrogens (tertiary/aromatic N) is 1. The number of aliphatic hydroxyl groups is 1. The van der Waals surface area contributed by atoms with Crippen LogP contribution in [0.5, 0.6) is 0 Å². The zero-order valence-electron chi connectivity index (χ0n) is 24.4. The lowest BCUT2D eigenvalue weighted by molar-refractivity contribution is -0.190. The predicted octanol–water partition coefficient (Wildman–Crippen LogP) is 9.78. The molecule has 0 radical (unpaired) electrons. The van der Waals surface area contributed by atoms with Gasteiger partial charge >= 0.3 is 6.18 Å². The number of aliphatic imine (C=N–C) groups is 1. The van der Waals surface area contributed by atoms with Gasteiger partial charge in [0.15, 0.2) is 0 Å². The lowest BCUT2D eigenvalue weighted by atomic mass is 9.88. The van der Waals surface area contributed by atoms with Crippen molar-refractivity contribution in [2.75, 3.05) is 0 Å². The molecule has 214 valence electrons. The van der Waals surface area contributed by atoms with E-state index >= 15 is 0 Å². The molecule has 1 N–H and O–H groups in total. The van der Waals surface area contributed by atoms with Crippen LogP contribution in [0.1, 0.15) is 124 Å². The molecule has 2 fully saturated rings. The Labute approximate surface area is 222 Å². The molecule has 37 heavy (non-hydrogen) atoms. The Bertz CT molecular complexity index is 838. The third-order valence-corrected chi connectivity index (χ3v) is 6.65. The van der Waals surface area contributed by atoms with Crippen molar-refractivity contribution in [3.63, 3.8) is 0 Å². The van der Waals surface area contributed by atoms with Crippen LogP contribution in [-0.2, 0) is 10.4 Å². The molecular weight excluding hydrogens is 482 g/mol. The van der Waals surface area contributed by atoms with Gasteiger partial charge in [0.2, 0.25) is 0 Å². The highest BCUT2D eigenvalue weighted by molar-refractivity contribution is 5.85. The number of carbonyl (C=O) groups is 1. The Morgan fingerprint density at radius 2 is 1.65 bits per heavy atom. The number of ketones is 1. The van der Waals surface area contributed by atoms with Crippen LogP contribution in [0.3, 0.4) is 0 Å². The van der Waals surface area contributed by atoms with Crippen LogP contribution in [0.15, 0.2) is 17.1 Å². The summed E-state index contributed by atoms with van der Waals surface area (Å²) in [6.07, 6.45) is 2.29. The van der Waals surface area contributed by atoms with Gasteiger partial charge in [-0.15, -0.1) is 0 Å². The summed E-state index contributed by atoms with van der Waals surface area (Å²) in [6.45, 7) is 17.0. The molecule has 3 rings (SSSR count). The third kappa shape index (κ3) is 12.1. The normalized spacial score (nSPS) is 16.6. The summed E-state index contributed by atoms with van der Waals surface area (Å²) in [5.74, 6) is 0.405. The first-order chi connectivity index (χ1) is 17.1. The summed E-state index contributed by atoms with van der Waals surface area (Å²) >= 11 is 0. The number of carbonyl (C=O) groups excluding carboxylic acids is 1. The summed E-state index contributed by atoms with van der Waals surface area (Å²) < 4.78 is 50.7. The lowest BCUT2D eigenvalue weighted by Gasteiger charge is -2.19. The molecule has 2 saturated carbocycles. The van der Waals surface area contributed by atoms with E-state index in [0.717, 1.165) is 30.0 Å². The molecule has 0 atom stereocenters. The van der Waals surface area contributed by atoms with E-state index in [1.54, 1.807) is 26.8 Å². The van der Waals surface area contributed by atoms with Crippen LogP contribution in [0.25, 0.3) is 0 Å². The largest absolute Gasteiger partial charge is 0.394 e. The van der Waals surface area contributed by atoms with Gasteiger partial charge in [0.25, 0.3) is 0 Å². The van der Waals surface area contributed by atoms with E-state index in [1.807, 2.05) is 27.7 Å². The Balaban J connectivity index is 0.000000580. The van der Waals surface area contributed by atoms with Gasteiger partial charge in [-0.05, 0) is 70.1 Å². The first-order valence-corrected chi connectivity index (χ1v) is 13.7. The molecule has 7 heteroatoms. The van der Waals surface area contributed by atoms with Crippen molar-refractivity contribution in [3.05, 3.63) is 29.1 Å². The van der Waals surface area contributed by atoms with E-state index in [4.69, 9.17) is 0 Å². The molecule has 2 aliphatic carbocycles. The van der Waals surface area contributed by atoms with Gasteiger partial charge < -0.3 is 5.11 Å². The minimum atomic E-state index is -4.18. The van der Waals surface area contributed by atoms with Crippen molar-refractivity contribution in [1.29, 1.82) is 0 Å². The summed E-state index contributed by atoms with van der Waals surface area (Å²) in [7, 11) is 0. The van der Waals surface area contributed by atoms with Crippen LogP contribution in [0.2, 0.25) is 0 Å². The maximum absolute atomic E-state index is 14.0. The van der Waals surface area contributed by atoms with E-state index in [-0.39, 0.29) is 37.3 Å². The zero-order valence-corrected chi connectivity index (χ0v) is 24.4. The van der Waals surface area contributed by atoms with E-state index in [2.05, 4.69) is 18.8 Å². The maximum Gasteiger partial charge on any atom is 0.394 e. The number of hydrogen-bond donors (Lipinski definition) is 1. The second kappa shape index (κ2) is 15.6. The molecule has 1 aromatic carbocycles. The second-order valence-corrected chi connectivity index (χ2v) is 10.7. The average molecular weight is 532 g/mol. The van der Waals surface area contributed by atoms with E-state index in [1.165, 1.54) is 25.3 Å². The maximum atomic E-state index is 14.0. The van der Waals surface area contributed by atoms with Gasteiger partial charge in [-0.2, -0.15) is 13.2 Å².